The van der Waals surface area contributed by atoms with E-state index in [1.54, 1.807) is 20.8 Å². The zero-order chi connectivity index (χ0) is 30.2. The van der Waals surface area contributed by atoms with Crippen LogP contribution in [0.3, 0.4) is 0 Å². The molecule has 3 aliphatic carbocycles. The van der Waals surface area contributed by atoms with E-state index in [4.69, 9.17) is 5.73 Å². The standard InChI is InChI=1S/C27H32BrN3O9/c1-6-26(3,28)25(39)30-11-8-7-10-9(2)12-14(19(33)13(10)18(11)32)22(36)27(40)16(20(12)34)17(31(4)5)21(35)15(23(27)37)24(29)38/h7-9,12,16-17,20,32,34-36,40H,6H2,1-5H3,(H2,29,38)(H,30,39)/t9?,12?,16?,17-,20?,26?,27-/m0/s1. The number of fused-ring (bicyclic) bond motifs is 3. The van der Waals surface area contributed by atoms with Crippen LogP contribution in [0.25, 0.3) is 0 Å². The van der Waals surface area contributed by atoms with Crippen LogP contribution in [-0.4, -0.2) is 90.0 Å². The summed E-state index contributed by atoms with van der Waals surface area (Å²) in [6.45, 7) is 5.04. The van der Waals surface area contributed by atoms with E-state index < -0.39 is 91.6 Å². The number of amides is 2. The number of hydrogen-bond donors (Lipinski definition) is 7. The predicted octanol–water partition coefficient (Wildman–Crippen LogP) is 1.15. The molecule has 13 heteroatoms. The number of aliphatic hydroxyl groups excluding tert-OH is 3. The second kappa shape index (κ2) is 9.68. The maximum absolute atomic E-state index is 13.9. The molecular weight excluding hydrogens is 590 g/mol. The first kappa shape index (κ1) is 29.7. The molecule has 1 aromatic rings. The van der Waals surface area contributed by atoms with E-state index in [1.165, 1.54) is 31.1 Å². The third kappa shape index (κ3) is 3.90. The molecule has 2 amide bonds. The number of ketones is 2. The van der Waals surface area contributed by atoms with E-state index in [0.29, 0.717) is 12.0 Å². The lowest BCUT2D eigenvalue weighted by Crippen LogP contribution is -2.68. The Balaban J connectivity index is 1.95. The van der Waals surface area contributed by atoms with Crippen LogP contribution in [-0.2, 0) is 14.4 Å². The van der Waals surface area contributed by atoms with Gasteiger partial charge in [0, 0.05) is 11.5 Å². The van der Waals surface area contributed by atoms with Crippen molar-refractivity contribution in [3.05, 3.63) is 45.9 Å². The lowest BCUT2D eigenvalue weighted by atomic mass is 9.55. The van der Waals surface area contributed by atoms with E-state index in [0.717, 1.165) is 0 Å². The van der Waals surface area contributed by atoms with Crippen molar-refractivity contribution in [3.63, 3.8) is 0 Å². The highest BCUT2D eigenvalue weighted by molar-refractivity contribution is 9.10. The normalized spacial score (nSPS) is 31.4. The highest BCUT2D eigenvalue weighted by Gasteiger charge is 2.67. The number of halogens is 1. The summed E-state index contributed by atoms with van der Waals surface area (Å²) in [4.78, 5) is 53.5. The largest absolute Gasteiger partial charge is 0.510 e. The van der Waals surface area contributed by atoms with E-state index in [2.05, 4.69) is 21.2 Å². The smallest absolute Gasteiger partial charge is 0.255 e. The molecule has 0 aliphatic heterocycles. The second-order valence-corrected chi connectivity index (χ2v) is 12.7. The van der Waals surface area contributed by atoms with Gasteiger partial charge in [0.25, 0.3) is 5.91 Å². The minimum Gasteiger partial charge on any atom is -0.510 e. The number of rotatable bonds is 5. The van der Waals surface area contributed by atoms with Gasteiger partial charge in [-0.1, -0.05) is 35.8 Å². The monoisotopic (exact) mass is 621 g/mol. The van der Waals surface area contributed by atoms with Crippen molar-refractivity contribution in [1.82, 2.24) is 4.90 Å². The van der Waals surface area contributed by atoms with Gasteiger partial charge < -0.3 is 36.6 Å². The molecule has 5 unspecified atom stereocenters. The number of likely N-dealkylation sites (N-methyl/N-ethyl adjacent to an activating group) is 1. The number of nitrogens with zero attached hydrogens (tertiary/aromatic N) is 1. The van der Waals surface area contributed by atoms with Gasteiger partial charge in [-0.05, 0) is 45.0 Å². The Kier molecular flexibility index (Phi) is 7.19. The molecule has 0 saturated heterocycles. The first-order valence-corrected chi connectivity index (χ1v) is 13.4. The molecule has 0 heterocycles. The number of carbonyl (C=O) groups is 4. The van der Waals surface area contributed by atoms with Gasteiger partial charge in [0.05, 0.1) is 29.3 Å². The van der Waals surface area contributed by atoms with Crippen molar-refractivity contribution >= 4 is 45.0 Å². The summed E-state index contributed by atoms with van der Waals surface area (Å²) in [7, 11) is 2.93. The number of aromatic hydroxyl groups is 1. The molecule has 0 radical (unpaired) electrons. The molecule has 4 rings (SSSR count). The first-order valence-electron chi connectivity index (χ1n) is 12.6. The Labute approximate surface area is 238 Å². The van der Waals surface area contributed by atoms with Crippen LogP contribution in [0.5, 0.6) is 5.75 Å². The molecule has 0 saturated carbocycles. The Morgan fingerprint density at radius 2 is 1.80 bits per heavy atom. The summed E-state index contributed by atoms with van der Waals surface area (Å²) in [5.74, 6) is -10.3. The van der Waals surface area contributed by atoms with Crippen LogP contribution in [0.2, 0.25) is 0 Å². The molecule has 40 heavy (non-hydrogen) atoms. The first-order chi connectivity index (χ1) is 18.4. The van der Waals surface area contributed by atoms with Gasteiger partial charge in [-0.25, -0.2) is 0 Å². The zero-order valence-corrected chi connectivity index (χ0v) is 24.1. The summed E-state index contributed by atoms with van der Waals surface area (Å²) in [5, 5.41) is 59.3. The van der Waals surface area contributed by atoms with E-state index in [1.807, 2.05) is 0 Å². The Morgan fingerprint density at radius 1 is 1.20 bits per heavy atom. The summed E-state index contributed by atoms with van der Waals surface area (Å²) in [5.41, 5.74) is 0.766. The van der Waals surface area contributed by atoms with Crippen LogP contribution in [0.1, 0.15) is 49.0 Å². The number of aliphatic hydroxyl groups is 4. The number of phenols is 1. The Morgan fingerprint density at radius 3 is 2.33 bits per heavy atom. The number of Topliss-reactive ketones (excluding diaryl/α,β-unsaturated/α-hetero) is 2. The molecule has 0 bridgehead atoms. The maximum atomic E-state index is 13.9. The fourth-order valence-electron chi connectivity index (χ4n) is 6.14. The lowest BCUT2D eigenvalue weighted by molar-refractivity contribution is -0.162. The molecule has 216 valence electrons. The maximum Gasteiger partial charge on any atom is 0.255 e. The number of primary amides is 1. The van der Waals surface area contributed by atoms with E-state index in [-0.39, 0.29) is 11.3 Å². The Bertz CT molecular complexity index is 1420. The molecule has 0 spiro atoms. The zero-order valence-electron chi connectivity index (χ0n) is 22.5. The molecule has 0 fully saturated rings. The number of anilines is 1. The van der Waals surface area contributed by atoms with Crippen LogP contribution in [0.4, 0.5) is 5.69 Å². The third-order valence-corrected chi connectivity index (χ3v) is 9.44. The molecular formula is C27H32BrN3O9. The third-order valence-electron chi connectivity index (χ3n) is 8.52. The number of alkyl halides is 1. The number of hydrogen-bond acceptors (Lipinski definition) is 10. The SMILES string of the molecule is CCC(C)(Br)C(=O)Nc1ccc2c(c1O)C(=O)C1=C(O)[C@]3(O)C(=O)C(C(N)=O)=C(O)[C@@H](N(C)C)C3C(O)C1C2C. The van der Waals surface area contributed by atoms with Crippen molar-refractivity contribution < 1.29 is 44.7 Å². The van der Waals surface area contributed by atoms with Gasteiger partial charge in [0.15, 0.2) is 17.1 Å². The summed E-state index contributed by atoms with van der Waals surface area (Å²) in [6.07, 6.45) is -1.27. The minimum absolute atomic E-state index is 0.0832. The van der Waals surface area contributed by atoms with Gasteiger partial charge in [-0.3, -0.25) is 24.1 Å². The molecule has 7 atom stereocenters. The van der Waals surface area contributed by atoms with Crippen molar-refractivity contribution in [1.29, 1.82) is 0 Å². The van der Waals surface area contributed by atoms with E-state index >= 15 is 0 Å². The van der Waals surface area contributed by atoms with Crippen LogP contribution < -0.4 is 11.1 Å². The van der Waals surface area contributed by atoms with Crippen LogP contribution in [0, 0.1) is 11.8 Å². The fraction of sp³-hybridized carbons (Fsp3) is 0.481. The van der Waals surface area contributed by atoms with Gasteiger partial charge in [0.1, 0.15) is 21.4 Å². The number of carbonyl (C=O) groups excluding carboxylic acids is 4. The lowest BCUT2D eigenvalue weighted by Gasteiger charge is -2.53. The van der Waals surface area contributed by atoms with Gasteiger partial charge in [0.2, 0.25) is 11.7 Å². The second-order valence-electron chi connectivity index (χ2n) is 11.0. The molecule has 0 aromatic heterocycles. The van der Waals surface area contributed by atoms with E-state index in [9.17, 15) is 44.7 Å². The van der Waals surface area contributed by atoms with Crippen molar-refractivity contribution in [2.75, 3.05) is 19.4 Å². The summed E-state index contributed by atoms with van der Waals surface area (Å²) < 4.78 is -0.966. The van der Waals surface area contributed by atoms with Crippen LogP contribution in [0.15, 0.2) is 34.8 Å². The number of nitrogens with one attached hydrogen (secondary N) is 1. The molecule has 1 aromatic carbocycles. The quantitative estimate of drug-likeness (QED) is 0.141. The highest BCUT2D eigenvalue weighted by atomic mass is 79.9. The number of benzene rings is 1. The topological polar surface area (TPSA) is 211 Å². The average molecular weight is 622 g/mol. The summed E-state index contributed by atoms with van der Waals surface area (Å²) in [6, 6.07) is 1.58. The van der Waals surface area contributed by atoms with Crippen molar-refractivity contribution in [2.24, 2.45) is 17.6 Å². The van der Waals surface area contributed by atoms with Gasteiger partial charge >= 0.3 is 0 Å². The highest BCUT2D eigenvalue weighted by Crippen LogP contribution is 2.56. The summed E-state index contributed by atoms with van der Waals surface area (Å²) >= 11 is 3.32. The van der Waals surface area contributed by atoms with Crippen molar-refractivity contribution in [3.8, 4) is 5.75 Å². The van der Waals surface area contributed by atoms with Crippen molar-refractivity contribution in [2.45, 2.75) is 55.2 Å². The molecule has 12 nitrogen and oxygen atoms in total. The molecule has 3 aliphatic rings. The number of phenolic OH excluding ortho intramolecular Hbond substituents is 1. The molecule has 8 N–H and O–H groups in total. The van der Waals surface area contributed by atoms with Crippen LogP contribution >= 0.6 is 15.9 Å². The Hall–Kier alpha value is -3.26. The fourth-order valence-corrected chi connectivity index (χ4v) is 6.24. The number of nitrogens with two attached hydrogens (primary N) is 1. The van der Waals surface area contributed by atoms with Gasteiger partial charge in [-0.2, -0.15) is 0 Å². The van der Waals surface area contributed by atoms with Gasteiger partial charge in [-0.15, -0.1) is 0 Å². The average Bonchev–Trinajstić information content (AvgIpc) is 2.87. The minimum atomic E-state index is -3.00. The predicted molar refractivity (Wildman–Crippen MR) is 146 cm³/mol.